The Hall–Kier alpha value is -2.99. The Labute approximate surface area is 161 Å². The SMILES string of the molecule is Cc1cc(NC(=O)CCc2ccc3c(c2)OCO3)n(-c2cccc(Cl)c2)n1. The van der Waals surface area contributed by atoms with E-state index in [-0.39, 0.29) is 12.7 Å². The lowest BCUT2D eigenvalue weighted by Gasteiger charge is -2.09. The first-order valence-corrected chi connectivity index (χ1v) is 8.97. The van der Waals surface area contributed by atoms with Crippen LogP contribution in [-0.4, -0.2) is 22.5 Å². The second kappa shape index (κ2) is 7.32. The summed E-state index contributed by atoms with van der Waals surface area (Å²) >= 11 is 6.07. The lowest BCUT2D eigenvalue weighted by atomic mass is 10.1. The van der Waals surface area contributed by atoms with Crippen LogP contribution < -0.4 is 14.8 Å². The molecule has 0 spiro atoms. The van der Waals surface area contributed by atoms with Gasteiger partial charge in [0.25, 0.3) is 0 Å². The van der Waals surface area contributed by atoms with Crippen molar-refractivity contribution in [2.45, 2.75) is 19.8 Å². The molecule has 138 valence electrons. The Morgan fingerprint density at radius 1 is 1.19 bits per heavy atom. The summed E-state index contributed by atoms with van der Waals surface area (Å²) in [5, 5.41) is 7.99. The zero-order valence-corrected chi connectivity index (χ0v) is 15.5. The van der Waals surface area contributed by atoms with Gasteiger partial charge in [0, 0.05) is 17.5 Å². The van der Waals surface area contributed by atoms with Gasteiger partial charge in [-0.3, -0.25) is 4.79 Å². The number of fused-ring (bicyclic) bond motifs is 1. The maximum atomic E-state index is 12.4. The van der Waals surface area contributed by atoms with Crippen molar-refractivity contribution in [1.82, 2.24) is 9.78 Å². The number of ether oxygens (including phenoxy) is 2. The number of carbonyl (C=O) groups is 1. The molecule has 27 heavy (non-hydrogen) atoms. The molecule has 2 heterocycles. The smallest absolute Gasteiger partial charge is 0.231 e. The molecule has 1 aliphatic rings. The predicted molar refractivity (Wildman–Crippen MR) is 103 cm³/mol. The van der Waals surface area contributed by atoms with E-state index in [9.17, 15) is 4.79 Å². The number of carbonyl (C=O) groups excluding carboxylic acids is 1. The van der Waals surface area contributed by atoms with Crippen LogP contribution >= 0.6 is 11.6 Å². The van der Waals surface area contributed by atoms with Crippen LogP contribution in [0.1, 0.15) is 17.7 Å². The van der Waals surface area contributed by atoms with Crippen molar-refractivity contribution in [3.63, 3.8) is 0 Å². The van der Waals surface area contributed by atoms with E-state index in [1.807, 2.05) is 43.3 Å². The summed E-state index contributed by atoms with van der Waals surface area (Å²) in [6.45, 7) is 2.12. The highest BCUT2D eigenvalue weighted by Crippen LogP contribution is 2.32. The van der Waals surface area contributed by atoms with Gasteiger partial charge in [-0.2, -0.15) is 5.10 Å². The molecule has 0 fully saturated rings. The van der Waals surface area contributed by atoms with Crippen LogP contribution in [-0.2, 0) is 11.2 Å². The highest BCUT2D eigenvalue weighted by molar-refractivity contribution is 6.30. The predicted octanol–water partition coefficient (Wildman–Crippen LogP) is 4.13. The maximum Gasteiger partial charge on any atom is 0.231 e. The number of amides is 1. The summed E-state index contributed by atoms with van der Waals surface area (Å²) in [5.41, 5.74) is 2.62. The number of hydrogen-bond donors (Lipinski definition) is 1. The van der Waals surface area contributed by atoms with Crippen LogP contribution in [0.4, 0.5) is 5.82 Å². The largest absolute Gasteiger partial charge is 0.454 e. The Balaban J connectivity index is 1.44. The van der Waals surface area contributed by atoms with Gasteiger partial charge in [-0.05, 0) is 49.2 Å². The summed E-state index contributed by atoms with van der Waals surface area (Å²) in [7, 11) is 0. The van der Waals surface area contributed by atoms with Crippen LogP contribution in [0.15, 0.2) is 48.5 Å². The van der Waals surface area contributed by atoms with Gasteiger partial charge in [0.05, 0.1) is 11.4 Å². The van der Waals surface area contributed by atoms with Gasteiger partial charge in [-0.15, -0.1) is 0 Å². The zero-order chi connectivity index (χ0) is 18.8. The lowest BCUT2D eigenvalue weighted by molar-refractivity contribution is -0.116. The van der Waals surface area contributed by atoms with E-state index in [4.69, 9.17) is 21.1 Å². The maximum absolute atomic E-state index is 12.4. The molecule has 0 saturated carbocycles. The molecule has 0 saturated heterocycles. The first kappa shape index (κ1) is 17.4. The minimum atomic E-state index is -0.0872. The molecule has 0 atom stereocenters. The van der Waals surface area contributed by atoms with Crippen molar-refractivity contribution in [3.05, 3.63) is 64.8 Å². The van der Waals surface area contributed by atoms with E-state index < -0.39 is 0 Å². The summed E-state index contributed by atoms with van der Waals surface area (Å²) in [6, 6.07) is 14.9. The molecule has 1 aliphatic heterocycles. The molecule has 1 N–H and O–H groups in total. The monoisotopic (exact) mass is 383 g/mol. The van der Waals surface area contributed by atoms with Gasteiger partial charge in [0.1, 0.15) is 5.82 Å². The molecular weight excluding hydrogens is 366 g/mol. The van der Waals surface area contributed by atoms with Crippen molar-refractivity contribution in [2.75, 3.05) is 12.1 Å². The molecule has 0 unspecified atom stereocenters. The van der Waals surface area contributed by atoms with Gasteiger partial charge in [0.2, 0.25) is 12.7 Å². The number of rotatable bonds is 5. The number of hydrogen-bond acceptors (Lipinski definition) is 4. The van der Waals surface area contributed by atoms with E-state index in [1.54, 1.807) is 16.8 Å². The Bertz CT molecular complexity index is 1000. The molecular formula is C20H18ClN3O3. The van der Waals surface area contributed by atoms with Gasteiger partial charge in [0.15, 0.2) is 11.5 Å². The normalized spacial score (nSPS) is 12.2. The molecule has 0 aliphatic carbocycles. The van der Waals surface area contributed by atoms with Crippen molar-refractivity contribution in [2.24, 2.45) is 0 Å². The molecule has 1 aromatic heterocycles. The second-order valence-electron chi connectivity index (χ2n) is 6.30. The Morgan fingerprint density at radius 2 is 2.04 bits per heavy atom. The van der Waals surface area contributed by atoms with E-state index in [1.165, 1.54) is 0 Å². The zero-order valence-electron chi connectivity index (χ0n) is 14.7. The van der Waals surface area contributed by atoms with E-state index >= 15 is 0 Å². The van der Waals surface area contributed by atoms with E-state index in [0.717, 1.165) is 28.4 Å². The third kappa shape index (κ3) is 3.90. The van der Waals surface area contributed by atoms with E-state index in [2.05, 4.69) is 10.4 Å². The van der Waals surface area contributed by atoms with Crippen molar-refractivity contribution < 1.29 is 14.3 Å². The van der Waals surface area contributed by atoms with Crippen LogP contribution in [0.5, 0.6) is 11.5 Å². The minimum absolute atomic E-state index is 0.0872. The standard InChI is InChI=1S/C20H18ClN3O3/c1-13-9-19(24(23-13)16-4-2-3-15(21)11-16)22-20(25)8-6-14-5-7-17-18(10-14)27-12-26-17/h2-5,7,9-11H,6,8,12H2,1H3,(H,22,25). The molecule has 3 aromatic rings. The number of anilines is 1. The fraction of sp³-hybridized carbons (Fsp3) is 0.200. The molecule has 1 amide bonds. The third-order valence-corrected chi connectivity index (χ3v) is 4.46. The summed E-state index contributed by atoms with van der Waals surface area (Å²) < 4.78 is 12.4. The van der Waals surface area contributed by atoms with Crippen molar-refractivity contribution >= 4 is 23.3 Å². The van der Waals surface area contributed by atoms with Crippen LogP contribution in [0, 0.1) is 6.92 Å². The topological polar surface area (TPSA) is 65.4 Å². The average Bonchev–Trinajstić information content (AvgIpc) is 3.25. The highest BCUT2D eigenvalue weighted by Gasteiger charge is 2.15. The lowest BCUT2D eigenvalue weighted by Crippen LogP contribution is -2.15. The number of aryl methyl sites for hydroxylation is 2. The van der Waals surface area contributed by atoms with Gasteiger partial charge >= 0.3 is 0 Å². The van der Waals surface area contributed by atoms with Crippen molar-refractivity contribution in [3.8, 4) is 17.2 Å². The average molecular weight is 384 g/mol. The number of aromatic nitrogens is 2. The van der Waals surface area contributed by atoms with Crippen LogP contribution in [0.2, 0.25) is 5.02 Å². The summed E-state index contributed by atoms with van der Waals surface area (Å²) in [4.78, 5) is 12.4. The molecule has 6 nitrogen and oxygen atoms in total. The number of halogens is 1. The minimum Gasteiger partial charge on any atom is -0.454 e. The molecule has 4 rings (SSSR count). The fourth-order valence-corrected chi connectivity index (χ4v) is 3.14. The number of nitrogens with one attached hydrogen (secondary N) is 1. The van der Waals surface area contributed by atoms with Gasteiger partial charge in [-0.25, -0.2) is 4.68 Å². The first-order chi connectivity index (χ1) is 13.1. The van der Waals surface area contributed by atoms with Crippen LogP contribution in [0.25, 0.3) is 5.69 Å². The van der Waals surface area contributed by atoms with Gasteiger partial charge in [-0.1, -0.05) is 23.7 Å². The third-order valence-electron chi connectivity index (χ3n) is 4.23. The highest BCUT2D eigenvalue weighted by atomic mass is 35.5. The van der Waals surface area contributed by atoms with Crippen molar-refractivity contribution in [1.29, 1.82) is 0 Å². The van der Waals surface area contributed by atoms with Crippen LogP contribution in [0.3, 0.4) is 0 Å². The quantitative estimate of drug-likeness (QED) is 0.719. The second-order valence-corrected chi connectivity index (χ2v) is 6.73. The first-order valence-electron chi connectivity index (χ1n) is 8.59. The molecule has 7 heteroatoms. The number of nitrogens with zero attached hydrogens (tertiary/aromatic N) is 2. The molecule has 0 radical (unpaired) electrons. The fourth-order valence-electron chi connectivity index (χ4n) is 2.95. The van der Waals surface area contributed by atoms with Gasteiger partial charge < -0.3 is 14.8 Å². The number of benzene rings is 2. The Morgan fingerprint density at radius 3 is 2.89 bits per heavy atom. The Kier molecular flexibility index (Phi) is 4.73. The molecule has 2 aromatic carbocycles. The molecule has 0 bridgehead atoms. The summed E-state index contributed by atoms with van der Waals surface area (Å²) in [5.74, 6) is 1.99. The van der Waals surface area contributed by atoms with E-state index in [0.29, 0.717) is 23.7 Å². The summed E-state index contributed by atoms with van der Waals surface area (Å²) in [6.07, 6.45) is 0.951.